The first-order valence-electron chi connectivity index (χ1n) is 4.50. The molecule has 74 valence electrons. The molecule has 0 saturated heterocycles. The minimum Gasteiger partial charge on any atom is -0.377 e. The van der Waals surface area contributed by atoms with E-state index in [1.807, 2.05) is 0 Å². The summed E-state index contributed by atoms with van der Waals surface area (Å²) in [4.78, 5) is 0. The minimum absolute atomic E-state index is 0.0805. The van der Waals surface area contributed by atoms with Crippen LogP contribution in [0.2, 0.25) is 0 Å². The van der Waals surface area contributed by atoms with Gasteiger partial charge in [-0.1, -0.05) is 0 Å². The molecule has 0 spiro atoms. The van der Waals surface area contributed by atoms with E-state index >= 15 is 0 Å². The van der Waals surface area contributed by atoms with Crippen molar-refractivity contribution >= 4 is 0 Å². The Bertz CT molecular complexity index is 115. The molecule has 0 heterocycles. The van der Waals surface area contributed by atoms with Crippen molar-refractivity contribution in [2.45, 2.75) is 38.8 Å². The Hall–Kier alpha value is -0.120. The van der Waals surface area contributed by atoms with Crippen LogP contribution in [-0.2, 0) is 4.74 Å². The molecule has 0 aromatic carbocycles. The van der Waals surface area contributed by atoms with Crippen LogP contribution in [0, 0.1) is 0 Å². The van der Waals surface area contributed by atoms with Gasteiger partial charge >= 0.3 is 0 Å². The van der Waals surface area contributed by atoms with E-state index in [9.17, 15) is 0 Å². The fourth-order valence-corrected chi connectivity index (χ4v) is 0.844. The van der Waals surface area contributed by atoms with Crippen molar-refractivity contribution in [3.63, 3.8) is 0 Å². The Morgan fingerprint density at radius 2 is 2.08 bits per heavy atom. The van der Waals surface area contributed by atoms with Gasteiger partial charge in [-0.05, 0) is 33.7 Å². The van der Waals surface area contributed by atoms with Crippen LogP contribution in [0.5, 0.6) is 0 Å². The molecular formula is C9H22N2O. The Morgan fingerprint density at radius 3 is 2.50 bits per heavy atom. The molecule has 1 unspecified atom stereocenters. The number of ether oxygens (including phenoxy) is 1. The van der Waals surface area contributed by atoms with E-state index < -0.39 is 0 Å². The summed E-state index contributed by atoms with van der Waals surface area (Å²) in [5, 5.41) is 3.37. The number of nitrogens with two attached hydrogens (primary N) is 1. The maximum absolute atomic E-state index is 5.43. The molecule has 0 aliphatic rings. The monoisotopic (exact) mass is 174 g/mol. The predicted octanol–water partition coefficient (Wildman–Crippen LogP) is 0.738. The molecule has 0 saturated carbocycles. The van der Waals surface area contributed by atoms with Crippen molar-refractivity contribution in [2.24, 2.45) is 5.73 Å². The van der Waals surface area contributed by atoms with Crippen LogP contribution in [0.1, 0.15) is 27.2 Å². The highest BCUT2D eigenvalue weighted by Gasteiger charge is 2.16. The van der Waals surface area contributed by atoms with Crippen molar-refractivity contribution in [3.05, 3.63) is 0 Å². The quantitative estimate of drug-likeness (QED) is 0.624. The van der Waals surface area contributed by atoms with E-state index in [0.717, 1.165) is 19.5 Å². The average Bonchev–Trinajstić information content (AvgIpc) is 2.02. The standard InChI is InChI=1S/C9H22N2O/c1-8(5-6-10)11-7-9(2,3)12-4/h8,11H,5-7,10H2,1-4H3. The smallest absolute Gasteiger partial charge is 0.0746 e. The number of hydrogen-bond donors (Lipinski definition) is 2. The number of hydrogen-bond acceptors (Lipinski definition) is 3. The third kappa shape index (κ3) is 5.52. The molecule has 12 heavy (non-hydrogen) atoms. The molecule has 3 heteroatoms. The van der Waals surface area contributed by atoms with Gasteiger partial charge in [0.25, 0.3) is 0 Å². The second-order valence-corrected chi connectivity index (χ2v) is 3.82. The second kappa shape index (κ2) is 5.51. The molecule has 0 fully saturated rings. The van der Waals surface area contributed by atoms with E-state index in [2.05, 4.69) is 26.1 Å². The lowest BCUT2D eigenvalue weighted by Gasteiger charge is -2.25. The van der Waals surface area contributed by atoms with Crippen molar-refractivity contribution in [1.82, 2.24) is 5.32 Å². The molecule has 0 amide bonds. The van der Waals surface area contributed by atoms with E-state index in [4.69, 9.17) is 10.5 Å². The van der Waals surface area contributed by atoms with Gasteiger partial charge in [0.05, 0.1) is 5.60 Å². The second-order valence-electron chi connectivity index (χ2n) is 3.82. The largest absolute Gasteiger partial charge is 0.377 e. The molecular weight excluding hydrogens is 152 g/mol. The van der Waals surface area contributed by atoms with Gasteiger partial charge in [0.1, 0.15) is 0 Å². The lowest BCUT2D eigenvalue weighted by atomic mass is 10.1. The summed E-state index contributed by atoms with van der Waals surface area (Å²) >= 11 is 0. The highest BCUT2D eigenvalue weighted by molar-refractivity contribution is 4.73. The van der Waals surface area contributed by atoms with Crippen LogP contribution in [0.4, 0.5) is 0 Å². The first-order valence-corrected chi connectivity index (χ1v) is 4.50. The van der Waals surface area contributed by atoms with Crippen molar-refractivity contribution in [3.8, 4) is 0 Å². The van der Waals surface area contributed by atoms with Crippen molar-refractivity contribution < 1.29 is 4.74 Å². The van der Waals surface area contributed by atoms with Gasteiger partial charge in [0, 0.05) is 19.7 Å². The summed E-state index contributed by atoms with van der Waals surface area (Å²) < 4.78 is 5.27. The van der Waals surface area contributed by atoms with Crippen molar-refractivity contribution in [2.75, 3.05) is 20.2 Å². The molecule has 0 aromatic heterocycles. The topological polar surface area (TPSA) is 47.3 Å². The van der Waals surface area contributed by atoms with Crippen molar-refractivity contribution in [1.29, 1.82) is 0 Å². The molecule has 3 nitrogen and oxygen atoms in total. The van der Waals surface area contributed by atoms with Gasteiger partial charge in [-0.3, -0.25) is 0 Å². The van der Waals surface area contributed by atoms with Crippen LogP contribution >= 0.6 is 0 Å². The van der Waals surface area contributed by atoms with Crippen LogP contribution in [-0.4, -0.2) is 31.8 Å². The zero-order valence-electron chi connectivity index (χ0n) is 8.68. The van der Waals surface area contributed by atoms with Crippen LogP contribution < -0.4 is 11.1 Å². The van der Waals surface area contributed by atoms with Gasteiger partial charge in [-0.15, -0.1) is 0 Å². The molecule has 0 aliphatic carbocycles. The Morgan fingerprint density at radius 1 is 1.50 bits per heavy atom. The summed E-state index contributed by atoms with van der Waals surface area (Å²) in [5.74, 6) is 0. The SMILES string of the molecule is COC(C)(C)CNC(C)CCN. The Balaban J connectivity index is 3.52. The summed E-state index contributed by atoms with van der Waals surface area (Å²) in [6, 6.07) is 0.476. The molecule has 0 aromatic rings. The molecule has 0 bridgehead atoms. The number of nitrogens with one attached hydrogen (secondary N) is 1. The van der Waals surface area contributed by atoms with Crippen LogP contribution in [0.15, 0.2) is 0 Å². The molecule has 1 atom stereocenters. The molecule has 0 aliphatic heterocycles. The van der Waals surface area contributed by atoms with Crippen LogP contribution in [0.25, 0.3) is 0 Å². The fraction of sp³-hybridized carbons (Fsp3) is 1.00. The molecule has 0 radical (unpaired) electrons. The highest BCUT2D eigenvalue weighted by atomic mass is 16.5. The number of methoxy groups -OCH3 is 1. The first-order chi connectivity index (χ1) is 5.52. The van der Waals surface area contributed by atoms with Gasteiger partial charge < -0.3 is 15.8 Å². The number of rotatable bonds is 6. The van der Waals surface area contributed by atoms with Gasteiger partial charge in [-0.25, -0.2) is 0 Å². The van der Waals surface area contributed by atoms with E-state index in [1.165, 1.54) is 0 Å². The Labute approximate surface area is 75.7 Å². The maximum Gasteiger partial charge on any atom is 0.0746 e. The van der Waals surface area contributed by atoms with E-state index in [0.29, 0.717) is 6.04 Å². The zero-order chi connectivity index (χ0) is 9.61. The zero-order valence-corrected chi connectivity index (χ0v) is 8.68. The third-order valence-corrected chi connectivity index (χ3v) is 2.03. The lowest BCUT2D eigenvalue weighted by molar-refractivity contribution is 0.0213. The van der Waals surface area contributed by atoms with E-state index in [-0.39, 0.29) is 5.60 Å². The Kier molecular flexibility index (Phi) is 5.46. The summed E-state index contributed by atoms with van der Waals surface area (Å²) in [5.41, 5.74) is 5.35. The summed E-state index contributed by atoms with van der Waals surface area (Å²) in [6.07, 6.45) is 1.01. The van der Waals surface area contributed by atoms with Crippen LogP contribution in [0.3, 0.4) is 0 Å². The van der Waals surface area contributed by atoms with Gasteiger partial charge in [0.15, 0.2) is 0 Å². The highest BCUT2D eigenvalue weighted by Crippen LogP contribution is 2.05. The normalized spacial score (nSPS) is 14.8. The predicted molar refractivity (Wildman–Crippen MR) is 52.2 cm³/mol. The fourth-order valence-electron chi connectivity index (χ4n) is 0.844. The van der Waals surface area contributed by atoms with E-state index in [1.54, 1.807) is 7.11 Å². The molecule has 0 rings (SSSR count). The maximum atomic E-state index is 5.43. The molecule has 3 N–H and O–H groups in total. The summed E-state index contributed by atoms with van der Waals surface area (Å²) in [6.45, 7) is 7.87. The van der Waals surface area contributed by atoms with Gasteiger partial charge in [-0.2, -0.15) is 0 Å². The lowest BCUT2D eigenvalue weighted by Crippen LogP contribution is -2.41. The average molecular weight is 174 g/mol. The van der Waals surface area contributed by atoms with Gasteiger partial charge in [0.2, 0.25) is 0 Å². The third-order valence-electron chi connectivity index (χ3n) is 2.03. The minimum atomic E-state index is -0.0805. The first kappa shape index (κ1) is 11.9. The summed E-state index contributed by atoms with van der Waals surface area (Å²) in [7, 11) is 1.73.